The van der Waals surface area contributed by atoms with E-state index in [2.05, 4.69) is 21.9 Å². The Morgan fingerprint density at radius 3 is 2.94 bits per heavy atom. The van der Waals surface area contributed by atoms with E-state index in [1.165, 1.54) is 0 Å². The normalized spacial score (nSPS) is 9.94. The summed E-state index contributed by atoms with van der Waals surface area (Å²) in [5.74, 6) is 2.43. The zero-order valence-electron chi connectivity index (χ0n) is 9.90. The molecule has 0 atom stereocenters. The molecular formula is C11H19N5. The molecule has 0 saturated heterocycles. The van der Waals surface area contributed by atoms with Crippen molar-refractivity contribution < 1.29 is 0 Å². The second-order valence-electron chi connectivity index (χ2n) is 3.54. The van der Waals surface area contributed by atoms with Crippen LogP contribution in [0.1, 0.15) is 5.82 Å². The maximum absolute atomic E-state index is 5.51. The molecule has 1 heterocycles. The molecule has 16 heavy (non-hydrogen) atoms. The third-order valence-electron chi connectivity index (χ3n) is 2.11. The maximum atomic E-state index is 5.51. The minimum atomic E-state index is 0.606. The van der Waals surface area contributed by atoms with Gasteiger partial charge in [0.25, 0.3) is 0 Å². The summed E-state index contributed by atoms with van der Waals surface area (Å²) in [4.78, 5) is 10.6. The Bertz CT molecular complexity index is 350. The van der Waals surface area contributed by atoms with Crippen LogP contribution in [-0.4, -0.2) is 36.6 Å². The van der Waals surface area contributed by atoms with E-state index in [1.54, 1.807) is 6.08 Å². The van der Waals surface area contributed by atoms with Crippen LogP contribution < -0.4 is 16.0 Å². The highest BCUT2D eigenvalue weighted by Gasteiger charge is 2.05. The molecule has 88 valence electrons. The van der Waals surface area contributed by atoms with Gasteiger partial charge in [0.2, 0.25) is 0 Å². The predicted octanol–water partition coefficient (Wildman–Crippen LogP) is 0.778. The molecular weight excluding hydrogens is 202 g/mol. The van der Waals surface area contributed by atoms with E-state index in [0.717, 1.165) is 24.0 Å². The van der Waals surface area contributed by atoms with Crippen molar-refractivity contribution in [3.8, 4) is 0 Å². The molecule has 5 heteroatoms. The summed E-state index contributed by atoms with van der Waals surface area (Å²) in [6, 6.07) is 1.91. The van der Waals surface area contributed by atoms with Gasteiger partial charge in [0.05, 0.1) is 0 Å². The first-order chi connectivity index (χ1) is 7.67. The highest BCUT2D eigenvalue weighted by molar-refractivity contribution is 5.49. The molecule has 0 aromatic carbocycles. The predicted molar refractivity (Wildman–Crippen MR) is 67.8 cm³/mol. The van der Waals surface area contributed by atoms with Gasteiger partial charge in [-0.25, -0.2) is 9.97 Å². The standard InChI is InChI=1S/C11H19N5/c1-4-6-13-10-8-11(15-9(2)14-10)16(3)7-5-12/h4,8H,1,5-7,12H2,2-3H3,(H,13,14,15). The van der Waals surface area contributed by atoms with Gasteiger partial charge in [0.1, 0.15) is 17.5 Å². The molecule has 1 aromatic heterocycles. The lowest BCUT2D eigenvalue weighted by Gasteiger charge is -2.18. The molecule has 0 spiro atoms. The smallest absolute Gasteiger partial charge is 0.134 e. The van der Waals surface area contributed by atoms with Crippen LogP contribution in [0, 0.1) is 6.92 Å². The van der Waals surface area contributed by atoms with E-state index in [9.17, 15) is 0 Å². The number of hydrogen-bond acceptors (Lipinski definition) is 5. The maximum Gasteiger partial charge on any atom is 0.134 e. The highest BCUT2D eigenvalue weighted by Crippen LogP contribution is 2.13. The lowest BCUT2D eigenvalue weighted by Crippen LogP contribution is -2.26. The zero-order chi connectivity index (χ0) is 12.0. The number of nitrogens with one attached hydrogen (secondary N) is 1. The molecule has 0 amide bonds. The second-order valence-corrected chi connectivity index (χ2v) is 3.54. The third kappa shape index (κ3) is 3.51. The summed E-state index contributed by atoms with van der Waals surface area (Å²) in [6.07, 6.45) is 1.79. The second kappa shape index (κ2) is 6.07. The van der Waals surface area contributed by atoms with Gasteiger partial charge in [-0.1, -0.05) is 6.08 Å². The molecule has 1 rings (SSSR count). The molecule has 0 bridgehead atoms. The van der Waals surface area contributed by atoms with Crippen LogP contribution in [0.3, 0.4) is 0 Å². The Hall–Kier alpha value is -1.62. The van der Waals surface area contributed by atoms with Crippen molar-refractivity contribution in [1.29, 1.82) is 0 Å². The fourth-order valence-electron chi connectivity index (χ4n) is 1.32. The Kier molecular flexibility index (Phi) is 4.72. The Labute approximate surface area is 96.4 Å². The molecule has 0 aliphatic heterocycles. The molecule has 0 unspecified atom stereocenters. The van der Waals surface area contributed by atoms with Crippen molar-refractivity contribution in [3.63, 3.8) is 0 Å². The number of aromatic nitrogens is 2. The summed E-state index contributed by atoms with van der Waals surface area (Å²) < 4.78 is 0. The fourth-order valence-corrected chi connectivity index (χ4v) is 1.32. The minimum Gasteiger partial charge on any atom is -0.366 e. The molecule has 5 nitrogen and oxygen atoms in total. The monoisotopic (exact) mass is 221 g/mol. The summed E-state index contributed by atoms with van der Waals surface area (Å²) in [5, 5.41) is 3.15. The SMILES string of the molecule is C=CCNc1cc(N(C)CCN)nc(C)n1. The average molecular weight is 221 g/mol. The lowest BCUT2D eigenvalue weighted by atomic mass is 10.4. The first-order valence-corrected chi connectivity index (χ1v) is 5.29. The molecule has 0 aliphatic carbocycles. The highest BCUT2D eigenvalue weighted by atomic mass is 15.2. The summed E-state index contributed by atoms with van der Waals surface area (Å²) >= 11 is 0. The number of rotatable bonds is 6. The number of likely N-dealkylation sites (N-methyl/N-ethyl adjacent to an activating group) is 1. The summed E-state index contributed by atoms with van der Waals surface area (Å²) in [7, 11) is 1.96. The van der Waals surface area contributed by atoms with E-state index in [0.29, 0.717) is 13.1 Å². The molecule has 0 aliphatic rings. The largest absolute Gasteiger partial charge is 0.366 e. The van der Waals surface area contributed by atoms with Crippen molar-refractivity contribution in [3.05, 3.63) is 24.5 Å². The number of anilines is 2. The van der Waals surface area contributed by atoms with Gasteiger partial charge in [-0.2, -0.15) is 0 Å². The van der Waals surface area contributed by atoms with Gasteiger partial charge in [-0.3, -0.25) is 0 Å². The van der Waals surface area contributed by atoms with Gasteiger partial charge in [-0.15, -0.1) is 6.58 Å². The molecule has 0 radical (unpaired) electrons. The van der Waals surface area contributed by atoms with Gasteiger partial charge in [-0.05, 0) is 6.92 Å². The van der Waals surface area contributed by atoms with Gasteiger partial charge >= 0.3 is 0 Å². The number of aryl methyl sites for hydroxylation is 1. The van der Waals surface area contributed by atoms with Crippen molar-refractivity contribution >= 4 is 11.6 Å². The van der Waals surface area contributed by atoms with Crippen LogP contribution in [0.15, 0.2) is 18.7 Å². The first-order valence-electron chi connectivity index (χ1n) is 5.29. The first kappa shape index (κ1) is 12.4. The van der Waals surface area contributed by atoms with Crippen molar-refractivity contribution in [2.24, 2.45) is 5.73 Å². The van der Waals surface area contributed by atoms with Crippen LogP contribution in [0.4, 0.5) is 11.6 Å². The number of nitrogens with two attached hydrogens (primary N) is 1. The summed E-state index contributed by atoms with van der Waals surface area (Å²) in [6.45, 7) is 7.60. The van der Waals surface area contributed by atoms with Crippen LogP contribution >= 0.6 is 0 Å². The van der Waals surface area contributed by atoms with E-state index < -0.39 is 0 Å². The molecule has 3 N–H and O–H groups in total. The quantitative estimate of drug-likeness (QED) is 0.695. The molecule has 0 fully saturated rings. The van der Waals surface area contributed by atoms with Crippen LogP contribution in [0.5, 0.6) is 0 Å². The molecule has 1 aromatic rings. The average Bonchev–Trinajstić information content (AvgIpc) is 2.26. The van der Waals surface area contributed by atoms with Gasteiger partial charge < -0.3 is 16.0 Å². The Morgan fingerprint density at radius 1 is 1.56 bits per heavy atom. The minimum absolute atomic E-state index is 0.606. The fraction of sp³-hybridized carbons (Fsp3) is 0.455. The number of nitrogens with zero attached hydrogens (tertiary/aromatic N) is 3. The van der Waals surface area contributed by atoms with Gasteiger partial charge in [0, 0.05) is 32.7 Å². The topological polar surface area (TPSA) is 67.1 Å². The van der Waals surface area contributed by atoms with E-state index in [-0.39, 0.29) is 0 Å². The lowest BCUT2D eigenvalue weighted by molar-refractivity contribution is 0.857. The van der Waals surface area contributed by atoms with Crippen molar-refractivity contribution in [2.75, 3.05) is 36.9 Å². The Morgan fingerprint density at radius 2 is 2.31 bits per heavy atom. The van der Waals surface area contributed by atoms with E-state index in [4.69, 9.17) is 5.73 Å². The van der Waals surface area contributed by atoms with Crippen molar-refractivity contribution in [1.82, 2.24) is 9.97 Å². The van der Waals surface area contributed by atoms with E-state index in [1.807, 2.05) is 24.9 Å². The summed E-state index contributed by atoms with van der Waals surface area (Å²) in [5.41, 5.74) is 5.51. The van der Waals surface area contributed by atoms with Crippen molar-refractivity contribution in [2.45, 2.75) is 6.92 Å². The van der Waals surface area contributed by atoms with Crippen LogP contribution in [0.25, 0.3) is 0 Å². The van der Waals surface area contributed by atoms with Crippen LogP contribution in [0.2, 0.25) is 0 Å². The Balaban J connectivity index is 2.84. The van der Waals surface area contributed by atoms with E-state index >= 15 is 0 Å². The number of hydrogen-bond donors (Lipinski definition) is 2. The third-order valence-corrected chi connectivity index (χ3v) is 2.11. The van der Waals surface area contributed by atoms with Crippen LogP contribution in [-0.2, 0) is 0 Å². The molecule has 0 saturated carbocycles. The zero-order valence-corrected chi connectivity index (χ0v) is 9.90. The van der Waals surface area contributed by atoms with Gasteiger partial charge in [0.15, 0.2) is 0 Å².